The van der Waals surface area contributed by atoms with E-state index >= 15 is 0 Å². The third-order valence-electron chi connectivity index (χ3n) is 6.56. The Morgan fingerprint density at radius 1 is 0.697 bits per heavy atom. The summed E-state index contributed by atoms with van der Waals surface area (Å²) in [5, 5.41) is 4.84. The minimum atomic E-state index is -0.717. The van der Waals surface area contributed by atoms with Gasteiger partial charge in [-0.2, -0.15) is 0 Å². The lowest BCUT2D eigenvalue weighted by molar-refractivity contribution is 0.161. The maximum Gasteiger partial charge on any atom is 0.178 e. The fourth-order valence-corrected chi connectivity index (χ4v) is 4.86. The molecule has 0 saturated carbocycles. The Hall–Kier alpha value is -3.88. The van der Waals surface area contributed by atoms with Gasteiger partial charge in [-0.05, 0) is 51.4 Å². The monoisotopic (exact) mass is 428 g/mol. The zero-order valence-corrected chi connectivity index (χ0v) is 18.5. The lowest BCUT2D eigenvalue weighted by Gasteiger charge is -2.36. The van der Waals surface area contributed by atoms with Crippen LogP contribution in [-0.2, 0) is 16.9 Å². The lowest BCUT2D eigenvalue weighted by Crippen LogP contribution is -2.34. The normalized spacial score (nSPS) is 17.1. The van der Waals surface area contributed by atoms with Gasteiger partial charge in [-0.3, -0.25) is 0 Å². The van der Waals surface area contributed by atoms with Crippen molar-refractivity contribution < 1.29 is 9.47 Å². The maximum atomic E-state index is 6.93. The number of fused-ring (bicyclic) bond motifs is 4. The molecule has 0 aliphatic carbocycles. The molecule has 1 unspecified atom stereocenters. The van der Waals surface area contributed by atoms with Gasteiger partial charge in [0.05, 0.1) is 6.61 Å². The van der Waals surface area contributed by atoms with E-state index in [1.807, 2.05) is 0 Å². The van der Waals surface area contributed by atoms with Crippen molar-refractivity contribution in [3.05, 3.63) is 131 Å². The summed E-state index contributed by atoms with van der Waals surface area (Å²) >= 11 is 0. The molecule has 1 aliphatic rings. The number of rotatable bonds is 4. The highest BCUT2D eigenvalue weighted by Gasteiger charge is 2.37. The number of hydrogen-bond acceptors (Lipinski definition) is 2. The summed E-state index contributed by atoms with van der Waals surface area (Å²) in [6.07, 6.45) is 4.43. The van der Waals surface area contributed by atoms with E-state index in [9.17, 15) is 0 Å². The Balaban J connectivity index is 1.55. The Morgan fingerprint density at radius 3 is 2.21 bits per heavy atom. The van der Waals surface area contributed by atoms with Gasteiger partial charge in [0, 0.05) is 23.8 Å². The molecule has 5 aromatic rings. The van der Waals surface area contributed by atoms with Gasteiger partial charge in [0.15, 0.2) is 5.60 Å². The van der Waals surface area contributed by atoms with Crippen LogP contribution in [0.3, 0.4) is 0 Å². The zero-order valence-electron chi connectivity index (χ0n) is 18.5. The van der Waals surface area contributed by atoms with Crippen LogP contribution >= 0.6 is 0 Å². The number of benzene rings is 5. The van der Waals surface area contributed by atoms with Crippen molar-refractivity contribution in [3.8, 4) is 5.75 Å². The van der Waals surface area contributed by atoms with E-state index in [1.165, 1.54) is 21.5 Å². The summed E-state index contributed by atoms with van der Waals surface area (Å²) in [7, 11) is 1.72. The first-order chi connectivity index (χ1) is 16.3. The maximum absolute atomic E-state index is 6.93. The Labute approximate surface area is 193 Å². The summed E-state index contributed by atoms with van der Waals surface area (Å²) in [4.78, 5) is 0. The summed E-state index contributed by atoms with van der Waals surface area (Å²) in [6.45, 7) is 0.592. The summed E-state index contributed by atoms with van der Waals surface area (Å²) in [6, 6.07) is 36.3. The van der Waals surface area contributed by atoms with Crippen LogP contribution in [0.5, 0.6) is 5.75 Å². The highest BCUT2D eigenvalue weighted by atomic mass is 16.5. The minimum Gasteiger partial charge on any atom is -0.473 e. The predicted molar refractivity (Wildman–Crippen MR) is 135 cm³/mol. The van der Waals surface area contributed by atoms with E-state index in [-0.39, 0.29) is 0 Å². The fourth-order valence-electron chi connectivity index (χ4n) is 4.86. The van der Waals surface area contributed by atoms with Gasteiger partial charge in [-0.25, -0.2) is 0 Å². The first-order valence-electron chi connectivity index (χ1n) is 11.2. The average Bonchev–Trinajstić information content (AvgIpc) is 2.88. The summed E-state index contributed by atoms with van der Waals surface area (Å²) in [5.74, 6) is 0.894. The van der Waals surface area contributed by atoms with Crippen molar-refractivity contribution in [1.82, 2.24) is 0 Å². The molecule has 6 rings (SSSR count). The van der Waals surface area contributed by atoms with Gasteiger partial charge < -0.3 is 9.47 Å². The van der Waals surface area contributed by atoms with Crippen LogP contribution < -0.4 is 4.74 Å². The smallest absolute Gasteiger partial charge is 0.178 e. The van der Waals surface area contributed by atoms with E-state index in [4.69, 9.17) is 9.47 Å². The first-order valence-corrected chi connectivity index (χ1v) is 11.2. The molecule has 0 N–H and O–H groups in total. The van der Waals surface area contributed by atoms with Gasteiger partial charge >= 0.3 is 0 Å². The molecule has 0 aromatic heterocycles. The molecule has 2 nitrogen and oxygen atoms in total. The SMILES string of the molecule is COCc1ccc(C2(c3ccc4ccccc4c3)C=Cc3c(ccc4ccccc34)O2)cc1. The largest absolute Gasteiger partial charge is 0.473 e. The van der Waals surface area contributed by atoms with Crippen molar-refractivity contribution in [3.63, 3.8) is 0 Å². The Kier molecular flexibility index (Phi) is 4.74. The molecule has 0 fully saturated rings. The van der Waals surface area contributed by atoms with Crippen LogP contribution in [0.15, 0.2) is 109 Å². The summed E-state index contributed by atoms with van der Waals surface area (Å²) in [5.41, 5.74) is 3.75. The van der Waals surface area contributed by atoms with Crippen LogP contribution in [0.1, 0.15) is 22.3 Å². The molecular weight excluding hydrogens is 404 g/mol. The zero-order chi connectivity index (χ0) is 22.3. The molecule has 0 spiro atoms. The molecule has 33 heavy (non-hydrogen) atoms. The molecule has 0 radical (unpaired) electrons. The first kappa shape index (κ1) is 19.8. The van der Waals surface area contributed by atoms with E-state index in [1.54, 1.807) is 7.11 Å². The molecule has 5 aromatic carbocycles. The second-order valence-electron chi connectivity index (χ2n) is 8.56. The van der Waals surface area contributed by atoms with Crippen LogP contribution in [0.2, 0.25) is 0 Å². The van der Waals surface area contributed by atoms with Gasteiger partial charge in [0.25, 0.3) is 0 Å². The van der Waals surface area contributed by atoms with Crippen molar-refractivity contribution in [1.29, 1.82) is 0 Å². The number of hydrogen-bond donors (Lipinski definition) is 0. The standard InChI is InChI=1S/C31H24O2/c1-32-21-22-10-14-26(15-11-22)31(27-16-12-23-6-2-3-8-25(23)20-27)19-18-29-28-9-5-4-7-24(28)13-17-30(29)33-31/h2-20H,21H2,1H3. The van der Waals surface area contributed by atoms with Crippen molar-refractivity contribution >= 4 is 27.6 Å². The molecule has 0 amide bonds. The average molecular weight is 429 g/mol. The molecule has 0 bridgehead atoms. The highest BCUT2D eigenvalue weighted by Crippen LogP contribution is 2.44. The fraction of sp³-hybridized carbons (Fsp3) is 0.0968. The third kappa shape index (κ3) is 3.31. The van der Waals surface area contributed by atoms with Gasteiger partial charge in [-0.1, -0.05) is 91.0 Å². The third-order valence-corrected chi connectivity index (χ3v) is 6.56. The molecule has 2 heteroatoms. The Bertz CT molecular complexity index is 1500. The summed E-state index contributed by atoms with van der Waals surface area (Å²) < 4.78 is 12.2. The van der Waals surface area contributed by atoms with Gasteiger partial charge in [0.2, 0.25) is 0 Å². The Morgan fingerprint density at radius 2 is 1.39 bits per heavy atom. The second-order valence-corrected chi connectivity index (χ2v) is 8.56. The van der Waals surface area contributed by atoms with E-state index in [2.05, 4.69) is 115 Å². The minimum absolute atomic E-state index is 0.592. The lowest BCUT2D eigenvalue weighted by atomic mass is 9.82. The highest BCUT2D eigenvalue weighted by molar-refractivity contribution is 5.94. The van der Waals surface area contributed by atoms with Crippen molar-refractivity contribution in [2.75, 3.05) is 7.11 Å². The topological polar surface area (TPSA) is 18.5 Å². The quantitative estimate of drug-likeness (QED) is 0.295. The molecule has 1 aliphatic heterocycles. The van der Waals surface area contributed by atoms with Gasteiger partial charge in [-0.15, -0.1) is 0 Å². The number of methoxy groups -OCH3 is 1. The van der Waals surface area contributed by atoms with Gasteiger partial charge in [0.1, 0.15) is 5.75 Å². The molecule has 0 saturated heterocycles. The predicted octanol–water partition coefficient (Wildman–Crippen LogP) is 7.49. The van der Waals surface area contributed by atoms with E-state index < -0.39 is 5.60 Å². The number of ether oxygens (including phenoxy) is 2. The molecule has 160 valence electrons. The van der Waals surface area contributed by atoms with Crippen molar-refractivity contribution in [2.24, 2.45) is 0 Å². The molecular formula is C31H24O2. The second kappa shape index (κ2) is 7.91. The van der Waals surface area contributed by atoms with Crippen LogP contribution in [0.4, 0.5) is 0 Å². The van der Waals surface area contributed by atoms with E-state index in [0.29, 0.717) is 6.61 Å². The van der Waals surface area contributed by atoms with Crippen LogP contribution in [0, 0.1) is 0 Å². The van der Waals surface area contributed by atoms with E-state index in [0.717, 1.165) is 28.0 Å². The van der Waals surface area contributed by atoms with Crippen molar-refractivity contribution in [2.45, 2.75) is 12.2 Å². The van der Waals surface area contributed by atoms with Crippen LogP contribution in [0.25, 0.3) is 27.6 Å². The molecule has 1 atom stereocenters. The molecule has 1 heterocycles. The van der Waals surface area contributed by atoms with Crippen LogP contribution in [-0.4, -0.2) is 7.11 Å².